The zero-order valence-electron chi connectivity index (χ0n) is 14.9. The summed E-state index contributed by atoms with van der Waals surface area (Å²) < 4.78 is 6.83. The normalized spacial score (nSPS) is 18.0. The van der Waals surface area contributed by atoms with E-state index in [9.17, 15) is 0 Å². The summed E-state index contributed by atoms with van der Waals surface area (Å²) in [5, 5.41) is 0. The zero-order valence-corrected chi connectivity index (χ0v) is 14.9. The topological polar surface area (TPSA) is 9.23 Å². The van der Waals surface area contributed by atoms with Crippen LogP contribution in [0.2, 0.25) is 0 Å². The van der Waals surface area contributed by atoms with Gasteiger partial charge in [0, 0.05) is 0 Å². The number of rotatable bonds is 13. The maximum absolute atomic E-state index is 5.52. The quantitative estimate of drug-likeness (QED) is 0.337. The minimum absolute atomic E-state index is 0.978. The van der Waals surface area contributed by atoms with Crippen molar-refractivity contribution >= 4 is 0 Å². The summed E-state index contributed by atoms with van der Waals surface area (Å²) in [4.78, 5) is 0. The van der Waals surface area contributed by atoms with Crippen molar-refractivity contribution in [2.45, 2.75) is 84.5 Å². The number of hydrogen-bond donors (Lipinski definition) is 0. The van der Waals surface area contributed by atoms with Crippen LogP contribution in [0.1, 0.15) is 84.5 Å². The van der Waals surface area contributed by atoms with Gasteiger partial charge >= 0.3 is 0 Å². The van der Waals surface area contributed by atoms with Crippen LogP contribution in [0.4, 0.5) is 0 Å². The molecule has 1 rings (SSSR count). The maximum Gasteiger partial charge on any atom is 0.102 e. The first kappa shape index (κ1) is 19.0. The molecule has 0 saturated carbocycles. The Hall–Kier alpha value is -0.0800. The highest BCUT2D eigenvalue weighted by Crippen LogP contribution is 2.15. The Bertz CT molecular complexity index is 224. The van der Waals surface area contributed by atoms with E-state index in [1.165, 1.54) is 101 Å². The molecule has 2 nitrogen and oxygen atoms in total. The summed E-state index contributed by atoms with van der Waals surface area (Å²) in [6, 6.07) is 0. The van der Waals surface area contributed by atoms with Gasteiger partial charge in [0.25, 0.3) is 0 Å². The van der Waals surface area contributed by atoms with Crippen molar-refractivity contribution in [2.24, 2.45) is 0 Å². The summed E-state index contributed by atoms with van der Waals surface area (Å²) >= 11 is 0. The van der Waals surface area contributed by atoms with Crippen LogP contribution < -0.4 is 0 Å². The molecule has 1 fully saturated rings. The van der Waals surface area contributed by atoms with Gasteiger partial charge in [-0.25, -0.2) is 0 Å². The van der Waals surface area contributed by atoms with Crippen LogP contribution in [0.5, 0.6) is 0 Å². The monoisotopic (exact) mass is 298 g/mol. The lowest BCUT2D eigenvalue weighted by Gasteiger charge is -2.40. The van der Waals surface area contributed by atoms with Crippen molar-refractivity contribution in [3.8, 4) is 0 Å². The highest BCUT2D eigenvalue weighted by Gasteiger charge is 2.27. The summed E-state index contributed by atoms with van der Waals surface area (Å²) in [6.45, 7) is 11.8. The maximum atomic E-state index is 5.52. The summed E-state index contributed by atoms with van der Waals surface area (Å²) in [5.41, 5.74) is 0. The molecule has 1 aliphatic rings. The minimum atomic E-state index is 0.978. The second-order valence-corrected chi connectivity index (χ2v) is 6.98. The summed E-state index contributed by atoms with van der Waals surface area (Å²) in [7, 11) is 0. The zero-order chi connectivity index (χ0) is 15.2. The molecule has 0 bridgehead atoms. The van der Waals surface area contributed by atoms with Crippen molar-refractivity contribution in [1.29, 1.82) is 0 Å². The van der Waals surface area contributed by atoms with Crippen LogP contribution in [0.3, 0.4) is 0 Å². The van der Waals surface area contributed by atoms with Gasteiger partial charge in [0.15, 0.2) is 0 Å². The Balaban J connectivity index is 1.87. The lowest BCUT2D eigenvalue weighted by molar-refractivity contribution is -0.933. The van der Waals surface area contributed by atoms with E-state index in [-0.39, 0.29) is 0 Å². The van der Waals surface area contributed by atoms with Crippen LogP contribution in [0, 0.1) is 0 Å². The number of unbranched alkanes of at least 4 members (excludes halogenated alkanes) is 10. The van der Waals surface area contributed by atoms with E-state index in [2.05, 4.69) is 13.8 Å². The number of likely N-dealkylation sites (N-methyl/N-ethyl adjacent to an activating group) is 1. The molecule has 1 saturated heterocycles. The molecule has 1 aliphatic heterocycles. The Labute approximate surface area is 133 Å². The van der Waals surface area contributed by atoms with Crippen molar-refractivity contribution in [3.63, 3.8) is 0 Å². The molecular weight excluding hydrogens is 258 g/mol. The fourth-order valence-electron chi connectivity index (χ4n) is 3.54. The predicted molar refractivity (Wildman–Crippen MR) is 92.7 cm³/mol. The number of quaternary nitrogens is 1. The molecule has 0 aromatic rings. The van der Waals surface area contributed by atoms with Gasteiger partial charge in [0.2, 0.25) is 0 Å². The van der Waals surface area contributed by atoms with Gasteiger partial charge < -0.3 is 9.22 Å². The molecule has 0 amide bonds. The van der Waals surface area contributed by atoms with E-state index >= 15 is 0 Å². The Morgan fingerprint density at radius 3 is 1.62 bits per heavy atom. The van der Waals surface area contributed by atoms with Crippen molar-refractivity contribution in [1.82, 2.24) is 0 Å². The Morgan fingerprint density at radius 2 is 1.14 bits per heavy atom. The third kappa shape index (κ3) is 8.83. The van der Waals surface area contributed by atoms with Crippen LogP contribution in [0.15, 0.2) is 0 Å². The molecule has 1 heterocycles. The SMILES string of the molecule is CCCCCCCCCCCCC[N+]1(CC)CCOCC1. The third-order valence-corrected chi connectivity index (χ3v) is 5.33. The van der Waals surface area contributed by atoms with Gasteiger partial charge in [-0.15, -0.1) is 0 Å². The van der Waals surface area contributed by atoms with Gasteiger partial charge in [0.1, 0.15) is 13.1 Å². The molecule has 0 radical (unpaired) electrons. The van der Waals surface area contributed by atoms with Crippen LogP contribution >= 0.6 is 0 Å². The fourth-order valence-corrected chi connectivity index (χ4v) is 3.54. The molecule has 0 aliphatic carbocycles. The second-order valence-electron chi connectivity index (χ2n) is 6.98. The first-order valence-corrected chi connectivity index (χ1v) is 9.76. The Kier molecular flexibility index (Phi) is 11.3. The molecule has 0 aromatic carbocycles. The largest absolute Gasteiger partial charge is 0.370 e. The first-order chi connectivity index (χ1) is 10.3. The molecule has 126 valence electrons. The standard InChI is InChI=1S/C19H40NO/c1-3-5-6-7-8-9-10-11-12-13-14-15-20(4-2)16-18-21-19-17-20/h3-19H2,1-2H3/q+1. The van der Waals surface area contributed by atoms with Crippen molar-refractivity contribution in [2.75, 3.05) is 39.4 Å². The summed E-state index contributed by atoms with van der Waals surface area (Å²) in [6.07, 6.45) is 15.9. The molecule has 0 aromatic heterocycles. The van der Waals surface area contributed by atoms with E-state index in [0.29, 0.717) is 0 Å². The highest BCUT2D eigenvalue weighted by molar-refractivity contribution is 4.52. The average Bonchev–Trinajstić information content (AvgIpc) is 2.53. The average molecular weight is 299 g/mol. The van der Waals surface area contributed by atoms with E-state index in [1.807, 2.05) is 0 Å². The first-order valence-electron chi connectivity index (χ1n) is 9.76. The van der Waals surface area contributed by atoms with Crippen LogP contribution in [0.25, 0.3) is 0 Å². The van der Waals surface area contributed by atoms with Gasteiger partial charge in [0.05, 0.1) is 26.3 Å². The Morgan fingerprint density at radius 1 is 0.667 bits per heavy atom. The van der Waals surface area contributed by atoms with Gasteiger partial charge in [-0.3, -0.25) is 0 Å². The van der Waals surface area contributed by atoms with Gasteiger partial charge in [-0.2, -0.15) is 0 Å². The summed E-state index contributed by atoms with van der Waals surface area (Å²) in [5.74, 6) is 0. The predicted octanol–water partition coefficient (Wildman–Crippen LogP) is 5.16. The second kappa shape index (κ2) is 12.5. The molecule has 0 spiro atoms. The van der Waals surface area contributed by atoms with Crippen molar-refractivity contribution in [3.05, 3.63) is 0 Å². The highest BCUT2D eigenvalue weighted by atomic mass is 16.5. The van der Waals surface area contributed by atoms with E-state index in [1.54, 1.807) is 0 Å². The number of nitrogens with zero attached hydrogens (tertiary/aromatic N) is 1. The molecular formula is C19H40NO+. The molecule has 21 heavy (non-hydrogen) atoms. The van der Waals surface area contributed by atoms with E-state index in [4.69, 9.17) is 4.74 Å². The number of morpholine rings is 1. The van der Waals surface area contributed by atoms with Gasteiger partial charge in [-0.05, 0) is 19.8 Å². The van der Waals surface area contributed by atoms with Crippen LogP contribution in [-0.2, 0) is 4.74 Å². The van der Waals surface area contributed by atoms with E-state index in [0.717, 1.165) is 13.2 Å². The van der Waals surface area contributed by atoms with Gasteiger partial charge in [-0.1, -0.05) is 64.7 Å². The number of hydrogen-bond acceptors (Lipinski definition) is 1. The minimum Gasteiger partial charge on any atom is -0.370 e. The lowest BCUT2D eigenvalue weighted by Crippen LogP contribution is -2.55. The third-order valence-electron chi connectivity index (χ3n) is 5.33. The van der Waals surface area contributed by atoms with Crippen molar-refractivity contribution < 1.29 is 9.22 Å². The smallest absolute Gasteiger partial charge is 0.102 e. The van der Waals surface area contributed by atoms with Crippen LogP contribution in [-0.4, -0.2) is 43.9 Å². The lowest BCUT2D eigenvalue weighted by atomic mass is 10.1. The molecule has 2 heteroatoms. The molecule has 0 unspecified atom stereocenters. The molecule has 0 N–H and O–H groups in total. The molecule has 0 atom stereocenters. The fraction of sp³-hybridized carbons (Fsp3) is 1.00. The van der Waals surface area contributed by atoms with E-state index < -0.39 is 0 Å². The number of ether oxygens (including phenoxy) is 1.